The molecule has 25 heavy (non-hydrogen) atoms. The second-order valence-corrected chi connectivity index (χ2v) is 5.79. The van der Waals surface area contributed by atoms with E-state index in [0.717, 1.165) is 32.1 Å². The summed E-state index contributed by atoms with van der Waals surface area (Å²) in [7, 11) is 1.76. The van der Waals surface area contributed by atoms with Crippen molar-refractivity contribution in [1.29, 1.82) is 0 Å². The topological polar surface area (TPSA) is 66.0 Å². The van der Waals surface area contributed by atoms with Gasteiger partial charge in [0.2, 0.25) is 5.91 Å². The van der Waals surface area contributed by atoms with Gasteiger partial charge in [-0.1, -0.05) is 24.3 Å². The monoisotopic (exact) mass is 460 g/mol. The summed E-state index contributed by atoms with van der Waals surface area (Å²) < 4.78 is 5.30. The average Bonchev–Trinajstić information content (AvgIpc) is 2.99. The Morgan fingerprint density at radius 1 is 1.32 bits per heavy atom. The number of ether oxygens (including phenoxy) is 1. The zero-order chi connectivity index (χ0) is 17.2. The minimum atomic E-state index is 0. The van der Waals surface area contributed by atoms with Crippen LogP contribution < -0.4 is 10.6 Å². The summed E-state index contributed by atoms with van der Waals surface area (Å²) >= 11 is 0. The first kappa shape index (κ1) is 21.7. The molecule has 140 valence electrons. The molecule has 1 saturated heterocycles. The predicted molar refractivity (Wildman–Crippen MR) is 111 cm³/mol. The fraction of sp³-hybridized carbons (Fsp3) is 0.556. The summed E-state index contributed by atoms with van der Waals surface area (Å²) in [5, 5.41) is 6.51. The molecule has 0 bridgehead atoms. The zero-order valence-corrected chi connectivity index (χ0v) is 17.4. The number of carbonyl (C=O) groups is 1. The van der Waals surface area contributed by atoms with Crippen LogP contribution in [0.5, 0.6) is 0 Å². The van der Waals surface area contributed by atoms with Crippen LogP contribution in [-0.2, 0) is 22.6 Å². The highest BCUT2D eigenvalue weighted by atomic mass is 127. The molecule has 0 aliphatic carbocycles. The van der Waals surface area contributed by atoms with Crippen molar-refractivity contribution in [2.45, 2.75) is 32.9 Å². The highest BCUT2D eigenvalue weighted by Crippen LogP contribution is 2.15. The van der Waals surface area contributed by atoms with E-state index in [-0.39, 0.29) is 29.9 Å². The molecule has 2 rings (SSSR count). The normalized spacial score (nSPS) is 14.4. The number of halogens is 1. The highest BCUT2D eigenvalue weighted by Gasteiger charge is 2.19. The van der Waals surface area contributed by atoms with Crippen LogP contribution in [0.15, 0.2) is 29.3 Å². The smallest absolute Gasteiger partial charge is 0.222 e. The van der Waals surface area contributed by atoms with E-state index in [2.05, 4.69) is 33.8 Å². The number of nitrogens with one attached hydrogen (secondary N) is 2. The fourth-order valence-electron chi connectivity index (χ4n) is 2.72. The van der Waals surface area contributed by atoms with Gasteiger partial charge in [0.05, 0.1) is 6.61 Å². The summed E-state index contributed by atoms with van der Waals surface area (Å²) in [6, 6.07) is 8.34. The van der Waals surface area contributed by atoms with Crippen molar-refractivity contribution in [1.82, 2.24) is 15.5 Å². The SMILES string of the molecule is CCOCCNC(=NC)NCc1cccc(CN2CCCC2=O)c1.I. The van der Waals surface area contributed by atoms with Gasteiger partial charge in [-0.2, -0.15) is 0 Å². The van der Waals surface area contributed by atoms with Crippen molar-refractivity contribution >= 4 is 35.8 Å². The van der Waals surface area contributed by atoms with Crippen LogP contribution in [0.3, 0.4) is 0 Å². The standard InChI is InChI=1S/C18H28N4O2.HI/c1-3-24-11-9-20-18(19-2)21-13-15-6-4-7-16(12-15)14-22-10-5-8-17(22)23;/h4,6-7,12H,3,5,8-11,13-14H2,1-2H3,(H2,19,20,21);1H. The number of guanidine groups is 1. The molecule has 1 aromatic rings. The van der Waals surface area contributed by atoms with Gasteiger partial charge in [-0.25, -0.2) is 0 Å². The first-order chi connectivity index (χ1) is 11.7. The second kappa shape index (κ2) is 12.1. The molecule has 0 atom stereocenters. The lowest BCUT2D eigenvalue weighted by Gasteiger charge is -2.16. The van der Waals surface area contributed by atoms with E-state index >= 15 is 0 Å². The molecule has 2 N–H and O–H groups in total. The number of hydrogen-bond acceptors (Lipinski definition) is 3. The molecule has 0 saturated carbocycles. The molecule has 1 heterocycles. The predicted octanol–water partition coefficient (Wildman–Crippen LogP) is 2.13. The van der Waals surface area contributed by atoms with E-state index in [1.165, 1.54) is 11.1 Å². The Balaban J connectivity index is 0.00000312. The van der Waals surface area contributed by atoms with Gasteiger partial charge in [0.1, 0.15) is 0 Å². The first-order valence-corrected chi connectivity index (χ1v) is 8.60. The number of carbonyl (C=O) groups excluding carboxylic acids is 1. The maximum absolute atomic E-state index is 11.7. The summed E-state index contributed by atoms with van der Waals surface area (Å²) in [6.45, 7) is 6.36. The van der Waals surface area contributed by atoms with Crippen molar-refractivity contribution in [2.24, 2.45) is 4.99 Å². The van der Waals surface area contributed by atoms with Gasteiger partial charge < -0.3 is 20.3 Å². The molecule has 0 aromatic heterocycles. The van der Waals surface area contributed by atoms with Crippen molar-refractivity contribution in [3.63, 3.8) is 0 Å². The van der Waals surface area contributed by atoms with Crippen molar-refractivity contribution in [2.75, 3.05) is 33.4 Å². The number of nitrogens with zero attached hydrogens (tertiary/aromatic N) is 2. The van der Waals surface area contributed by atoms with Crippen LogP contribution in [0.4, 0.5) is 0 Å². The number of rotatable bonds is 8. The molecule has 0 spiro atoms. The molecule has 7 heteroatoms. The molecule has 0 radical (unpaired) electrons. The quantitative estimate of drug-likeness (QED) is 0.270. The van der Waals surface area contributed by atoms with Crippen LogP contribution in [-0.4, -0.2) is 50.1 Å². The third kappa shape index (κ3) is 7.60. The minimum absolute atomic E-state index is 0. The van der Waals surface area contributed by atoms with Crippen LogP contribution in [0.25, 0.3) is 0 Å². The van der Waals surface area contributed by atoms with E-state index in [9.17, 15) is 4.79 Å². The maximum Gasteiger partial charge on any atom is 0.222 e. The third-order valence-corrected chi connectivity index (χ3v) is 3.96. The van der Waals surface area contributed by atoms with Crippen molar-refractivity contribution < 1.29 is 9.53 Å². The molecule has 0 unspecified atom stereocenters. The summed E-state index contributed by atoms with van der Waals surface area (Å²) in [5.41, 5.74) is 2.34. The van der Waals surface area contributed by atoms with E-state index in [1.54, 1.807) is 7.05 Å². The van der Waals surface area contributed by atoms with Gasteiger partial charge in [0, 0.05) is 46.3 Å². The van der Waals surface area contributed by atoms with E-state index in [0.29, 0.717) is 26.1 Å². The Hall–Kier alpha value is -1.35. The Bertz CT molecular complexity index is 566. The Morgan fingerprint density at radius 3 is 2.80 bits per heavy atom. The molecular weight excluding hydrogens is 431 g/mol. The summed E-state index contributed by atoms with van der Waals surface area (Å²) in [6.07, 6.45) is 1.66. The summed E-state index contributed by atoms with van der Waals surface area (Å²) in [4.78, 5) is 17.9. The van der Waals surface area contributed by atoms with Gasteiger partial charge in [-0.3, -0.25) is 9.79 Å². The number of amides is 1. The van der Waals surface area contributed by atoms with E-state index in [4.69, 9.17) is 4.74 Å². The minimum Gasteiger partial charge on any atom is -0.380 e. The highest BCUT2D eigenvalue weighted by molar-refractivity contribution is 14.0. The molecule has 1 aliphatic rings. The number of aliphatic imine (C=N–C) groups is 1. The Morgan fingerprint density at radius 2 is 2.12 bits per heavy atom. The van der Waals surface area contributed by atoms with Gasteiger partial charge in [0.25, 0.3) is 0 Å². The first-order valence-electron chi connectivity index (χ1n) is 8.60. The Labute approximate surface area is 167 Å². The van der Waals surface area contributed by atoms with Crippen LogP contribution in [0, 0.1) is 0 Å². The molecule has 6 nitrogen and oxygen atoms in total. The van der Waals surface area contributed by atoms with Crippen molar-refractivity contribution in [3.8, 4) is 0 Å². The number of hydrogen-bond donors (Lipinski definition) is 2. The van der Waals surface area contributed by atoms with E-state index < -0.39 is 0 Å². The molecule has 1 aromatic carbocycles. The lowest BCUT2D eigenvalue weighted by atomic mass is 10.1. The molecule has 1 aliphatic heterocycles. The number of benzene rings is 1. The lowest BCUT2D eigenvalue weighted by molar-refractivity contribution is -0.128. The molecule has 1 fully saturated rings. The maximum atomic E-state index is 11.7. The van der Waals surface area contributed by atoms with Gasteiger partial charge in [0.15, 0.2) is 5.96 Å². The second-order valence-electron chi connectivity index (χ2n) is 5.79. The third-order valence-electron chi connectivity index (χ3n) is 3.96. The van der Waals surface area contributed by atoms with E-state index in [1.807, 2.05) is 17.9 Å². The van der Waals surface area contributed by atoms with Gasteiger partial charge >= 0.3 is 0 Å². The fourth-order valence-corrected chi connectivity index (χ4v) is 2.72. The average molecular weight is 460 g/mol. The van der Waals surface area contributed by atoms with Gasteiger partial charge in [-0.15, -0.1) is 24.0 Å². The Kier molecular flexibility index (Phi) is 10.5. The zero-order valence-electron chi connectivity index (χ0n) is 15.1. The lowest BCUT2D eigenvalue weighted by Crippen LogP contribution is -2.38. The van der Waals surface area contributed by atoms with Gasteiger partial charge in [-0.05, 0) is 24.5 Å². The van der Waals surface area contributed by atoms with Crippen molar-refractivity contribution in [3.05, 3.63) is 35.4 Å². The van der Waals surface area contributed by atoms with Crippen LogP contribution >= 0.6 is 24.0 Å². The molecular formula is C18H29IN4O2. The largest absolute Gasteiger partial charge is 0.380 e. The van der Waals surface area contributed by atoms with Crippen LogP contribution in [0.2, 0.25) is 0 Å². The van der Waals surface area contributed by atoms with Crippen LogP contribution in [0.1, 0.15) is 30.9 Å². The summed E-state index contributed by atoms with van der Waals surface area (Å²) in [5.74, 6) is 1.02. The molecule has 1 amide bonds. The number of likely N-dealkylation sites (tertiary alicyclic amines) is 1.